The predicted molar refractivity (Wildman–Crippen MR) is 95.9 cm³/mol. The second kappa shape index (κ2) is 6.58. The minimum atomic E-state index is -9.81. The molecule has 7 heteroatoms. The fraction of sp³-hybridized carbons (Fsp3) is 0.211. The van der Waals surface area contributed by atoms with Crippen LogP contribution < -0.4 is 0 Å². The smallest absolute Gasteiger partial charge is 0.289 e. The molecule has 0 aliphatic heterocycles. The van der Waals surface area contributed by atoms with Crippen molar-refractivity contribution in [3.05, 3.63) is 90.2 Å². The van der Waals surface area contributed by atoms with Crippen LogP contribution in [0, 0.1) is 0 Å². The second-order valence-electron chi connectivity index (χ2n) is 5.88. The number of hydrogen-bond acceptors (Lipinski definition) is 1. The fourth-order valence-electron chi connectivity index (χ4n) is 2.73. The maximum Gasteiger partial charge on any atom is 0.289 e. The van der Waals surface area contributed by atoms with Crippen molar-refractivity contribution in [2.75, 3.05) is 12.4 Å². The summed E-state index contributed by atoms with van der Waals surface area (Å²) < 4.78 is 73.3. The topological polar surface area (TPSA) is 9.23 Å². The van der Waals surface area contributed by atoms with Gasteiger partial charge in [-0.25, -0.2) is 0 Å². The Morgan fingerprint density at radius 2 is 1.35 bits per heavy atom. The molecule has 0 atom stereocenters. The fourth-order valence-corrected chi connectivity index (χ4v) is 3.92. The Bertz CT molecular complexity index is 742. The van der Waals surface area contributed by atoms with E-state index in [1.165, 1.54) is 54.6 Å². The molecule has 26 heavy (non-hydrogen) atoms. The van der Waals surface area contributed by atoms with Crippen LogP contribution in [0.25, 0.3) is 0 Å². The van der Waals surface area contributed by atoms with Crippen LogP contribution in [0.2, 0.25) is 0 Å². The van der Waals surface area contributed by atoms with Crippen molar-refractivity contribution in [3.63, 3.8) is 0 Å². The molecule has 0 saturated heterocycles. The van der Waals surface area contributed by atoms with Gasteiger partial charge in [0.05, 0.1) is 6.61 Å². The van der Waals surface area contributed by atoms with Gasteiger partial charge in [0.25, 0.3) is 10.2 Å². The standard InChI is InChI=1S/C19H19F5OS/c1-2-3-10-15-25-19(16-26(20,21,22,23)24,17-11-6-4-7-12-17)18-13-8-5-9-14-18/h3-9,11-14H,1,10,15-16H2. The molecule has 0 bridgehead atoms. The van der Waals surface area contributed by atoms with Gasteiger partial charge in [-0.05, 0) is 23.6 Å². The third-order valence-corrected chi connectivity index (χ3v) is 4.66. The average molecular weight is 390 g/mol. The van der Waals surface area contributed by atoms with E-state index in [0.717, 1.165) is 0 Å². The van der Waals surface area contributed by atoms with Crippen LogP contribution in [0.3, 0.4) is 0 Å². The Balaban J connectivity index is 2.65. The SMILES string of the molecule is C=C=CCCOC(CS(F)(F)(F)(F)F)(c1ccccc1)c1ccccc1. The molecule has 2 aromatic rings. The van der Waals surface area contributed by atoms with E-state index < -0.39 is 21.6 Å². The van der Waals surface area contributed by atoms with Gasteiger partial charge in [-0.15, -0.1) is 5.73 Å². The minimum absolute atomic E-state index is 0.0158. The molecule has 0 fully saturated rings. The molecule has 0 amide bonds. The molecular weight excluding hydrogens is 371 g/mol. The number of halogens is 5. The summed E-state index contributed by atoms with van der Waals surface area (Å²) in [6, 6.07) is 14.6. The molecule has 2 aromatic carbocycles. The summed E-state index contributed by atoms with van der Waals surface area (Å²) in [6.45, 7) is 3.17. The van der Waals surface area contributed by atoms with Gasteiger partial charge >= 0.3 is 0 Å². The highest BCUT2D eigenvalue weighted by Gasteiger charge is 2.68. The number of ether oxygens (including phenoxy) is 1. The van der Waals surface area contributed by atoms with E-state index in [0.29, 0.717) is 0 Å². The van der Waals surface area contributed by atoms with Crippen LogP contribution in [0.1, 0.15) is 17.5 Å². The highest BCUT2D eigenvalue weighted by molar-refractivity contribution is 8.45. The summed E-state index contributed by atoms with van der Waals surface area (Å²) in [4.78, 5) is 0. The zero-order valence-corrected chi connectivity index (χ0v) is 14.7. The maximum atomic E-state index is 13.5. The van der Waals surface area contributed by atoms with Crippen molar-refractivity contribution in [1.82, 2.24) is 0 Å². The molecule has 0 N–H and O–H groups in total. The van der Waals surface area contributed by atoms with Gasteiger partial charge in [-0.2, -0.15) is 0 Å². The molecule has 1 nitrogen and oxygen atoms in total. The summed E-state index contributed by atoms with van der Waals surface area (Å²) in [5.41, 5.74) is 0.164. The first-order valence-electron chi connectivity index (χ1n) is 7.78. The molecular formula is C19H19F5OS. The van der Waals surface area contributed by atoms with E-state index in [1.807, 2.05) is 0 Å². The van der Waals surface area contributed by atoms with Gasteiger partial charge in [0.15, 0.2) is 0 Å². The van der Waals surface area contributed by atoms with Gasteiger partial charge < -0.3 is 4.74 Å². The van der Waals surface area contributed by atoms with Gasteiger partial charge in [0, 0.05) is 0 Å². The average Bonchev–Trinajstić information content (AvgIpc) is 2.57. The first kappa shape index (κ1) is 20.2. The highest BCUT2D eigenvalue weighted by Crippen LogP contribution is 2.98. The lowest BCUT2D eigenvalue weighted by Crippen LogP contribution is -2.40. The predicted octanol–water partition coefficient (Wildman–Crippen LogP) is 6.98. The van der Waals surface area contributed by atoms with Crippen LogP contribution in [-0.4, -0.2) is 12.4 Å². The number of hydrogen-bond donors (Lipinski definition) is 0. The lowest BCUT2D eigenvalue weighted by atomic mass is 9.87. The van der Waals surface area contributed by atoms with E-state index in [1.54, 1.807) is 12.1 Å². The number of rotatable bonds is 8. The lowest BCUT2D eigenvalue weighted by Gasteiger charge is -2.48. The molecule has 0 radical (unpaired) electrons. The Hall–Kier alpha value is -2.08. The first-order valence-corrected chi connectivity index (χ1v) is 9.90. The van der Waals surface area contributed by atoms with Crippen LogP contribution in [-0.2, 0) is 10.3 Å². The van der Waals surface area contributed by atoms with Crippen molar-refractivity contribution in [2.24, 2.45) is 0 Å². The van der Waals surface area contributed by atoms with Crippen molar-refractivity contribution in [2.45, 2.75) is 12.0 Å². The molecule has 0 heterocycles. The lowest BCUT2D eigenvalue weighted by molar-refractivity contribution is -0.00393. The normalized spacial score (nSPS) is 14.8. The van der Waals surface area contributed by atoms with Gasteiger partial charge in [-0.3, -0.25) is 0 Å². The van der Waals surface area contributed by atoms with Crippen molar-refractivity contribution < 1.29 is 24.2 Å². The Morgan fingerprint density at radius 3 is 1.73 bits per heavy atom. The monoisotopic (exact) mass is 390 g/mol. The van der Waals surface area contributed by atoms with Crippen LogP contribution in [0.4, 0.5) is 19.4 Å². The Kier molecular flexibility index (Phi) is 5.12. The minimum Gasteiger partial charge on any atom is -0.364 e. The van der Waals surface area contributed by atoms with Crippen LogP contribution in [0.5, 0.6) is 0 Å². The Morgan fingerprint density at radius 1 is 0.885 bits per heavy atom. The zero-order valence-electron chi connectivity index (χ0n) is 13.9. The van der Waals surface area contributed by atoms with Crippen molar-refractivity contribution in [1.29, 1.82) is 0 Å². The second-order valence-corrected chi connectivity index (χ2v) is 8.42. The third kappa shape index (κ3) is 5.73. The summed E-state index contributed by atoms with van der Waals surface area (Å²) in [5, 5.41) is 0. The van der Waals surface area contributed by atoms with E-state index in [4.69, 9.17) is 4.74 Å². The zero-order chi connectivity index (χ0) is 19.4. The summed E-state index contributed by atoms with van der Waals surface area (Å²) in [6.07, 6.45) is 1.67. The van der Waals surface area contributed by atoms with E-state index >= 15 is 0 Å². The molecule has 0 saturated carbocycles. The van der Waals surface area contributed by atoms with E-state index in [9.17, 15) is 19.4 Å². The van der Waals surface area contributed by atoms with Gasteiger partial charge in [0.1, 0.15) is 11.4 Å². The van der Waals surface area contributed by atoms with E-state index in [-0.39, 0.29) is 24.2 Å². The maximum absolute atomic E-state index is 13.5. The summed E-state index contributed by atoms with van der Waals surface area (Å²) in [7, 11) is -9.81. The van der Waals surface area contributed by atoms with Crippen molar-refractivity contribution >= 4 is 10.2 Å². The van der Waals surface area contributed by atoms with Crippen molar-refractivity contribution in [3.8, 4) is 0 Å². The molecule has 0 aliphatic carbocycles. The quantitative estimate of drug-likeness (QED) is 0.268. The highest BCUT2D eigenvalue weighted by atomic mass is 32.5. The molecule has 142 valence electrons. The largest absolute Gasteiger partial charge is 0.364 e. The molecule has 2 rings (SSSR count). The summed E-state index contributed by atoms with van der Waals surface area (Å²) >= 11 is 0. The molecule has 0 unspecified atom stereocenters. The number of benzene rings is 2. The first-order chi connectivity index (χ1) is 12.0. The molecule has 0 aromatic heterocycles. The van der Waals surface area contributed by atoms with Gasteiger partial charge in [-0.1, -0.05) is 86.7 Å². The molecule has 0 aliphatic rings. The van der Waals surface area contributed by atoms with Gasteiger partial charge in [0.2, 0.25) is 0 Å². The molecule has 0 spiro atoms. The van der Waals surface area contributed by atoms with Crippen LogP contribution in [0.15, 0.2) is 79.0 Å². The summed E-state index contributed by atoms with van der Waals surface area (Å²) in [5.74, 6) is -2.38. The van der Waals surface area contributed by atoms with E-state index in [2.05, 4.69) is 12.3 Å². The third-order valence-electron chi connectivity index (χ3n) is 3.71. The Labute approximate surface area is 149 Å². The van der Waals surface area contributed by atoms with Crippen LogP contribution >= 0.6 is 10.2 Å².